The molecular formula is C14H30N2O2S. The maximum absolute atomic E-state index is 12.2. The average molecular weight is 290 g/mol. The zero-order valence-electron chi connectivity index (χ0n) is 13.1. The highest BCUT2D eigenvalue weighted by atomic mass is 32.2. The highest BCUT2D eigenvalue weighted by Crippen LogP contribution is 2.18. The fourth-order valence-corrected chi connectivity index (χ4v) is 3.42. The molecule has 0 spiro atoms. The van der Waals surface area contributed by atoms with Crippen molar-refractivity contribution in [3.05, 3.63) is 0 Å². The maximum atomic E-state index is 12.2. The van der Waals surface area contributed by atoms with E-state index in [9.17, 15) is 8.42 Å². The van der Waals surface area contributed by atoms with Crippen molar-refractivity contribution >= 4 is 9.84 Å². The van der Waals surface area contributed by atoms with Crippen LogP contribution in [-0.2, 0) is 9.84 Å². The second-order valence-corrected chi connectivity index (χ2v) is 9.76. The van der Waals surface area contributed by atoms with Gasteiger partial charge in [-0.2, -0.15) is 0 Å². The molecule has 4 nitrogen and oxygen atoms in total. The lowest BCUT2D eigenvalue weighted by Crippen LogP contribution is -2.49. The van der Waals surface area contributed by atoms with Crippen LogP contribution in [0, 0.1) is 0 Å². The molecular weight excluding hydrogens is 260 g/mol. The Morgan fingerprint density at radius 3 is 2.47 bits per heavy atom. The minimum absolute atomic E-state index is 0.113. The first-order valence-electron chi connectivity index (χ1n) is 7.29. The molecule has 1 heterocycles. The zero-order valence-corrected chi connectivity index (χ0v) is 13.9. The summed E-state index contributed by atoms with van der Waals surface area (Å²) in [7, 11) is -3.02. The first-order chi connectivity index (χ1) is 8.60. The molecule has 0 amide bonds. The van der Waals surface area contributed by atoms with Gasteiger partial charge in [-0.15, -0.1) is 0 Å². The van der Waals surface area contributed by atoms with Gasteiger partial charge in [0.05, 0.1) is 10.5 Å². The van der Waals surface area contributed by atoms with Crippen LogP contribution in [0.15, 0.2) is 0 Å². The van der Waals surface area contributed by atoms with E-state index in [1.54, 1.807) is 20.8 Å². The fourth-order valence-electron chi connectivity index (χ4n) is 2.30. The van der Waals surface area contributed by atoms with Crippen molar-refractivity contribution in [1.29, 1.82) is 0 Å². The molecule has 19 heavy (non-hydrogen) atoms. The Hall–Kier alpha value is -0.130. The molecule has 1 N–H and O–H groups in total. The second kappa shape index (κ2) is 6.10. The zero-order chi connectivity index (χ0) is 14.7. The summed E-state index contributed by atoms with van der Waals surface area (Å²) in [6.07, 6.45) is 2.15. The summed E-state index contributed by atoms with van der Waals surface area (Å²) in [6, 6.07) is 0. The third kappa shape index (κ3) is 4.72. The molecule has 1 saturated heterocycles. The Morgan fingerprint density at radius 2 is 1.95 bits per heavy atom. The molecule has 1 fully saturated rings. The Kier molecular flexibility index (Phi) is 5.43. The molecule has 0 aromatic carbocycles. The van der Waals surface area contributed by atoms with Crippen LogP contribution in [0.2, 0.25) is 0 Å². The Labute approximate surface area is 118 Å². The van der Waals surface area contributed by atoms with Crippen molar-refractivity contribution < 1.29 is 8.42 Å². The van der Waals surface area contributed by atoms with Crippen molar-refractivity contribution in [2.24, 2.45) is 0 Å². The predicted molar refractivity (Wildman–Crippen MR) is 81.3 cm³/mol. The molecule has 1 aliphatic heterocycles. The van der Waals surface area contributed by atoms with Crippen LogP contribution in [0.4, 0.5) is 0 Å². The quantitative estimate of drug-likeness (QED) is 0.855. The molecule has 1 unspecified atom stereocenters. The first kappa shape index (κ1) is 16.9. The summed E-state index contributed by atoms with van der Waals surface area (Å²) in [5, 5.41) is 3.57. The van der Waals surface area contributed by atoms with Gasteiger partial charge in [-0.1, -0.05) is 6.92 Å². The smallest absolute Gasteiger partial charge is 0.156 e. The van der Waals surface area contributed by atoms with Crippen LogP contribution in [0.3, 0.4) is 0 Å². The van der Waals surface area contributed by atoms with E-state index in [2.05, 4.69) is 24.1 Å². The van der Waals surface area contributed by atoms with Gasteiger partial charge in [0.25, 0.3) is 0 Å². The van der Waals surface area contributed by atoms with Gasteiger partial charge in [-0.25, -0.2) is 8.42 Å². The lowest BCUT2D eigenvalue weighted by Gasteiger charge is -2.33. The molecule has 1 aliphatic rings. The van der Waals surface area contributed by atoms with Gasteiger partial charge in [-0.05, 0) is 53.6 Å². The standard InChI is InChI=1S/C14H30N2O2S/c1-6-14(5)12-16(9-7-8-15-14)10-11-19(17,18)13(2,3)4/h15H,6-12H2,1-5H3. The van der Waals surface area contributed by atoms with Crippen LogP contribution in [0.25, 0.3) is 0 Å². The molecule has 0 aromatic rings. The van der Waals surface area contributed by atoms with Crippen LogP contribution in [0.1, 0.15) is 47.5 Å². The molecule has 0 aromatic heterocycles. The summed E-state index contributed by atoms with van der Waals surface area (Å²) < 4.78 is 23.7. The van der Waals surface area contributed by atoms with Gasteiger partial charge in [0, 0.05) is 18.6 Å². The van der Waals surface area contributed by atoms with Crippen LogP contribution in [-0.4, -0.2) is 55.5 Å². The van der Waals surface area contributed by atoms with E-state index in [1.165, 1.54) is 0 Å². The molecule has 0 bridgehead atoms. The molecule has 114 valence electrons. The summed E-state index contributed by atoms with van der Waals surface area (Å²) in [4.78, 5) is 2.30. The van der Waals surface area contributed by atoms with Crippen LogP contribution in [0.5, 0.6) is 0 Å². The molecule has 1 rings (SSSR count). The molecule has 0 aliphatic carbocycles. The minimum Gasteiger partial charge on any atom is -0.310 e. The van der Waals surface area contributed by atoms with E-state index < -0.39 is 14.6 Å². The highest BCUT2D eigenvalue weighted by molar-refractivity contribution is 7.92. The molecule has 0 radical (unpaired) electrons. The van der Waals surface area contributed by atoms with Crippen molar-refractivity contribution in [3.63, 3.8) is 0 Å². The SMILES string of the molecule is CCC1(C)CN(CCS(=O)(=O)C(C)(C)C)CCCN1. The van der Waals surface area contributed by atoms with E-state index in [0.29, 0.717) is 6.54 Å². The van der Waals surface area contributed by atoms with Crippen molar-refractivity contribution in [1.82, 2.24) is 10.2 Å². The lowest BCUT2D eigenvalue weighted by molar-refractivity contribution is 0.224. The van der Waals surface area contributed by atoms with Crippen molar-refractivity contribution in [3.8, 4) is 0 Å². The van der Waals surface area contributed by atoms with Gasteiger partial charge in [0.1, 0.15) is 0 Å². The topological polar surface area (TPSA) is 49.4 Å². The average Bonchev–Trinajstić information content (AvgIpc) is 2.48. The number of rotatable bonds is 4. The highest BCUT2D eigenvalue weighted by Gasteiger charge is 2.31. The van der Waals surface area contributed by atoms with Gasteiger partial charge >= 0.3 is 0 Å². The van der Waals surface area contributed by atoms with E-state index in [-0.39, 0.29) is 11.3 Å². The fraction of sp³-hybridized carbons (Fsp3) is 1.00. The number of nitrogens with one attached hydrogen (secondary N) is 1. The normalized spacial score (nSPS) is 27.2. The van der Waals surface area contributed by atoms with E-state index in [1.807, 2.05) is 0 Å². The van der Waals surface area contributed by atoms with E-state index in [0.717, 1.165) is 32.5 Å². The van der Waals surface area contributed by atoms with Gasteiger partial charge < -0.3 is 10.2 Å². The number of hydrogen-bond acceptors (Lipinski definition) is 4. The summed E-state index contributed by atoms with van der Waals surface area (Å²) in [6.45, 7) is 13.3. The molecule has 0 saturated carbocycles. The van der Waals surface area contributed by atoms with Gasteiger partial charge in [-0.3, -0.25) is 0 Å². The van der Waals surface area contributed by atoms with Gasteiger partial charge in [0.2, 0.25) is 0 Å². The van der Waals surface area contributed by atoms with E-state index >= 15 is 0 Å². The van der Waals surface area contributed by atoms with Crippen LogP contribution < -0.4 is 5.32 Å². The Bertz CT molecular complexity index is 387. The molecule has 5 heteroatoms. The largest absolute Gasteiger partial charge is 0.310 e. The van der Waals surface area contributed by atoms with Gasteiger partial charge in [0.15, 0.2) is 9.84 Å². The maximum Gasteiger partial charge on any atom is 0.156 e. The van der Waals surface area contributed by atoms with Crippen molar-refractivity contribution in [2.75, 3.05) is 31.9 Å². The van der Waals surface area contributed by atoms with E-state index in [4.69, 9.17) is 0 Å². The third-order valence-corrected chi connectivity index (χ3v) is 6.75. The number of nitrogens with zero attached hydrogens (tertiary/aromatic N) is 1. The lowest BCUT2D eigenvalue weighted by atomic mass is 9.99. The monoisotopic (exact) mass is 290 g/mol. The first-order valence-corrected chi connectivity index (χ1v) is 8.94. The summed E-state index contributed by atoms with van der Waals surface area (Å²) >= 11 is 0. The Balaban J connectivity index is 2.62. The van der Waals surface area contributed by atoms with Crippen molar-refractivity contribution in [2.45, 2.75) is 57.7 Å². The van der Waals surface area contributed by atoms with Crippen LogP contribution >= 0.6 is 0 Å². The summed E-state index contributed by atoms with van der Waals surface area (Å²) in [5.41, 5.74) is 0.113. The third-order valence-electron chi connectivity index (χ3n) is 4.17. The number of sulfone groups is 1. The number of hydrogen-bond donors (Lipinski definition) is 1. The second-order valence-electron chi connectivity index (χ2n) is 6.90. The molecule has 1 atom stereocenters. The Morgan fingerprint density at radius 1 is 1.32 bits per heavy atom. The predicted octanol–water partition coefficient (Wildman–Crippen LogP) is 1.66. The summed E-state index contributed by atoms with van der Waals surface area (Å²) in [5.74, 6) is 0.260. The minimum atomic E-state index is -3.02.